The van der Waals surface area contributed by atoms with Crippen LogP contribution in [0.4, 0.5) is 0 Å². The second-order valence-corrected chi connectivity index (χ2v) is 10.1. The molecule has 0 spiro atoms. The molecule has 5 nitrogen and oxygen atoms in total. The molecule has 3 heterocycles. The van der Waals surface area contributed by atoms with E-state index in [1.54, 1.807) is 0 Å². The Labute approximate surface area is 179 Å². The fourth-order valence-electron chi connectivity index (χ4n) is 5.27. The fraction of sp³-hybridized carbons (Fsp3) is 0.739. The van der Waals surface area contributed by atoms with Crippen LogP contribution >= 0.6 is 11.8 Å². The van der Waals surface area contributed by atoms with Gasteiger partial charge in [-0.1, -0.05) is 37.9 Å². The maximum absolute atomic E-state index is 8.91. The van der Waals surface area contributed by atoms with Gasteiger partial charge in [-0.3, -0.25) is 9.67 Å². The van der Waals surface area contributed by atoms with E-state index in [2.05, 4.69) is 18.5 Å². The first-order valence-electron chi connectivity index (χ1n) is 11.5. The van der Waals surface area contributed by atoms with Gasteiger partial charge in [0, 0.05) is 18.0 Å². The molecule has 1 aromatic rings. The molecule has 6 heteroatoms. The molecule has 29 heavy (non-hydrogen) atoms. The molecule has 1 aromatic heterocycles. The summed E-state index contributed by atoms with van der Waals surface area (Å²) in [6.07, 6.45) is 13.2. The van der Waals surface area contributed by atoms with E-state index in [0.717, 1.165) is 35.8 Å². The highest BCUT2D eigenvalue weighted by Gasteiger charge is 2.40. The van der Waals surface area contributed by atoms with Crippen LogP contribution in [0, 0.1) is 29.6 Å². The highest BCUT2D eigenvalue weighted by Crippen LogP contribution is 2.42. The Balaban J connectivity index is 1.63. The van der Waals surface area contributed by atoms with Gasteiger partial charge < -0.3 is 10.8 Å². The second kappa shape index (κ2) is 9.15. The van der Waals surface area contributed by atoms with E-state index < -0.39 is 0 Å². The number of hydrogen-bond donors (Lipinski definition) is 2. The van der Waals surface area contributed by atoms with Gasteiger partial charge in [0.25, 0.3) is 0 Å². The Kier molecular flexibility index (Phi) is 6.57. The first-order valence-corrected chi connectivity index (χ1v) is 12.4. The first-order chi connectivity index (χ1) is 14.1. The van der Waals surface area contributed by atoms with Crippen LogP contribution in [-0.4, -0.2) is 38.0 Å². The Morgan fingerprint density at radius 1 is 1.24 bits per heavy atom. The minimum Gasteiger partial charge on any atom is -0.313 e. The molecule has 3 atom stereocenters. The average Bonchev–Trinajstić information content (AvgIpc) is 3.32. The molecule has 2 aliphatic heterocycles. The third kappa shape index (κ3) is 4.23. The van der Waals surface area contributed by atoms with Gasteiger partial charge in [0.15, 0.2) is 0 Å². The molecule has 0 radical (unpaired) electrons. The van der Waals surface area contributed by atoms with E-state index in [4.69, 9.17) is 20.9 Å². The first kappa shape index (κ1) is 20.8. The molecular formula is C23H35N5S. The van der Waals surface area contributed by atoms with Crippen molar-refractivity contribution in [3.05, 3.63) is 17.0 Å². The van der Waals surface area contributed by atoms with Crippen molar-refractivity contribution in [2.75, 3.05) is 0 Å². The highest BCUT2D eigenvalue weighted by atomic mass is 32.2. The molecular weight excluding hydrogens is 378 g/mol. The largest absolute Gasteiger partial charge is 0.313 e. The predicted molar refractivity (Wildman–Crippen MR) is 123 cm³/mol. The second-order valence-electron chi connectivity index (χ2n) is 9.01. The van der Waals surface area contributed by atoms with Crippen LogP contribution in [0.2, 0.25) is 0 Å². The summed E-state index contributed by atoms with van der Waals surface area (Å²) in [5.74, 6) is 0.788. The lowest BCUT2D eigenvalue weighted by Gasteiger charge is -2.30. The number of fused-ring (bicyclic) bond motifs is 1. The van der Waals surface area contributed by atoms with Crippen molar-refractivity contribution in [2.24, 2.45) is 16.8 Å². The van der Waals surface area contributed by atoms with E-state index in [0.29, 0.717) is 12.3 Å². The van der Waals surface area contributed by atoms with Gasteiger partial charge in [-0.25, -0.2) is 0 Å². The third-order valence-electron chi connectivity index (χ3n) is 7.01. The average molecular weight is 414 g/mol. The minimum absolute atomic E-state index is 0.139. The zero-order valence-corrected chi connectivity index (χ0v) is 18.7. The van der Waals surface area contributed by atoms with Crippen molar-refractivity contribution in [3.8, 4) is 0 Å². The lowest BCUT2D eigenvalue weighted by molar-refractivity contribution is 0.314. The fourth-order valence-corrected chi connectivity index (χ4v) is 6.74. The van der Waals surface area contributed by atoms with E-state index in [1.165, 1.54) is 62.4 Å². The SMILES string of the molecule is CCC(C=N)CC(=N)C1SC(c2c(C)nn3c2CCCC3)=NC1C1CCCCC1. The molecule has 1 aliphatic carbocycles. The molecule has 0 saturated heterocycles. The maximum atomic E-state index is 8.91. The van der Waals surface area contributed by atoms with E-state index in [9.17, 15) is 0 Å². The number of rotatable bonds is 7. The standard InChI is InChI=1S/C23H35N5S/c1-3-16(14-24)13-18(25)22-21(17-9-5-4-6-10-17)26-23(29-22)20-15(2)27-28-12-8-7-11-19(20)28/h14,16-17,21-22,24-25H,3-13H2,1-2H3. The van der Waals surface area contributed by atoms with Crippen LogP contribution in [0.3, 0.4) is 0 Å². The Bertz CT molecular complexity index is 789. The minimum atomic E-state index is 0.139. The van der Waals surface area contributed by atoms with Crippen molar-refractivity contribution in [1.82, 2.24) is 9.78 Å². The topological polar surface area (TPSA) is 77.9 Å². The number of nitrogens with zero attached hydrogens (tertiary/aromatic N) is 3. The van der Waals surface area contributed by atoms with E-state index in [-0.39, 0.29) is 17.2 Å². The Morgan fingerprint density at radius 3 is 2.76 bits per heavy atom. The Hall–Kier alpha value is -1.43. The summed E-state index contributed by atoms with van der Waals surface area (Å²) in [5.41, 5.74) is 4.53. The van der Waals surface area contributed by atoms with Crippen LogP contribution in [-0.2, 0) is 13.0 Å². The van der Waals surface area contributed by atoms with Gasteiger partial charge in [0.05, 0.1) is 22.5 Å². The number of aromatic nitrogens is 2. The van der Waals surface area contributed by atoms with Gasteiger partial charge in [-0.15, -0.1) is 0 Å². The Morgan fingerprint density at radius 2 is 2.03 bits per heavy atom. The van der Waals surface area contributed by atoms with Crippen molar-refractivity contribution >= 4 is 28.7 Å². The van der Waals surface area contributed by atoms with Crippen LogP contribution in [0.5, 0.6) is 0 Å². The van der Waals surface area contributed by atoms with Crippen molar-refractivity contribution in [2.45, 2.75) is 95.9 Å². The summed E-state index contributed by atoms with van der Waals surface area (Å²) < 4.78 is 2.20. The van der Waals surface area contributed by atoms with Crippen LogP contribution in [0.25, 0.3) is 0 Å². The van der Waals surface area contributed by atoms with Crippen LogP contribution < -0.4 is 0 Å². The molecule has 2 N–H and O–H groups in total. The summed E-state index contributed by atoms with van der Waals surface area (Å²) in [6, 6.07) is 0.226. The zero-order chi connectivity index (χ0) is 20.4. The number of nitrogens with one attached hydrogen (secondary N) is 2. The van der Waals surface area contributed by atoms with Gasteiger partial charge in [0.2, 0.25) is 0 Å². The molecule has 158 valence electrons. The molecule has 0 aromatic carbocycles. The lowest BCUT2D eigenvalue weighted by Crippen LogP contribution is -2.35. The molecule has 1 saturated carbocycles. The van der Waals surface area contributed by atoms with Crippen molar-refractivity contribution in [3.63, 3.8) is 0 Å². The molecule has 0 bridgehead atoms. The van der Waals surface area contributed by atoms with Crippen LogP contribution in [0.1, 0.15) is 81.7 Å². The normalized spacial score (nSPS) is 26.1. The number of hydrogen-bond acceptors (Lipinski definition) is 5. The summed E-state index contributed by atoms with van der Waals surface area (Å²) >= 11 is 1.83. The number of aryl methyl sites for hydroxylation is 2. The van der Waals surface area contributed by atoms with E-state index >= 15 is 0 Å². The zero-order valence-electron chi connectivity index (χ0n) is 17.9. The van der Waals surface area contributed by atoms with Gasteiger partial charge >= 0.3 is 0 Å². The van der Waals surface area contributed by atoms with Crippen molar-refractivity contribution in [1.29, 1.82) is 10.8 Å². The quantitative estimate of drug-likeness (QED) is 0.585. The molecule has 4 rings (SSSR count). The summed E-state index contributed by atoms with van der Waals surface area (Å²) in [5, 5.41) is 22.7. The third-order valence-corrected chi connectivity index (χ3v) is 8.36. The predicted octanol–water partition coefficient (Wildman–Crippen LogP) is 5.42. The smallest absolute Gasteiger partial charge is 0.102 e. The van der Waals surface area contributed by atoms with Crippen molar-refractivity contribution < 1.29 is 0 Å². The lowest BCUT2D eigenvalue weighted by atomic mass is 9.81. The molecule has 3 aliphatic rings. The number of aliphatic imine (C=N–C) groups is 1. The summed E-state index contributed by atoms with van der Waals surface area (Å²) in [7, 11) is 0. The summed E-state index contributed by atoms with van der Waals surface area (Å²) in [4.78, 5) is 5.31. The number of thioether (sulfide) groups is 1. The van der Waals surface area contributed by atoms with Gasteiger partial charge in [-0.2, -0.15) is 5.10 Å². The van der Waals surface area contributed by atoms with Gasteiger partial charge in [-0.05, 0) is 69.9 Å². The van der Waals surface area contributed by atoms with Crippen LogP contribution in [0.15, 0.2) is 4.99 Å². The monoisotopic (exact) mass is 413 g/mol. The van der Waals surface area contributed by atoms with E-state index in [1.807, 2.05) is 11.8 Å². The highest BCUT2D eigenvalue weighted by molar-refractivity contribution is 8.15. The molecule has 1 fully saturated rings. The molecule has 0 amide bonds. The summed E-state index contributed by atoms with van der Waals surface area (Å²) in [6.45, 7) is 5.27. The maximum Gasteiger partial charge on any atom is 0.102 e. The molecule has 3 unspecified atom stereocenters. The van der Waals surface area contributed by atoms with Gasteiger partial charge in [0.1, 0.15) is 5.04 Å².